The first-order chi connectivity index (χ1) is 16.4. The van der Waals surface area contributed by atoms with Crippen LogP contribution in [0.3, 0.4) is 0 Å². The first-order valence-corrected chi connectivity index (χ1v) is 14.2. The van der Waals surface area contributed by atoms with Crippen molar-refractivity contribution in [3.63, 3.8) is 0 Å². The average Bonchev–Trinajstić information content (AvgIpc) is 3.67. The lowest BCUT2D eigenvalue weighted by atomic mass is 10.2. The summed E-state index contributed by atoms with van der Waals surface area (Å²) >= 11 is 1.56. The van der Waals surface area contributed by atoms with E-state index in [9.17, 15) is 9.00 Å². The van der Waals surface area contributed by atoms with Gasteiger partial charge in [0.15, 0.2) is 0 Å². The van der Waals surface area contributed by atoms with Crippen molar-refractivity contribution in [1.82, 2.24) is 9.62 Å². The molecule has 1 aliphatic carbocycles. The molecule has 1 N–H and O–H groups in total. The molecule has 1 aliphatic heterocycles. The summed E-state index contributed by atoms with van der Waals surface area (Å²) < 4.78 is 19.9. The van der Waals surface area contributed by atoms with Crippen molar-refractivity contribution >= 4 is 34.8 Å². The number of hydrogen-bond acceptors (Lipinski definition) is 5. The van der Waals surface area contributed by atoms with E-state index in [1.54, 1.807) is 11.8 Å². The minimum atomic E-state index is -1.07. The molecule has 8 heteroatoms. The van der Waals surface area contributed by atoms with Crippen LogP contribution >= 0.6 is 11.8 Å². The summed E-state index contributed by atoms with van der Waals surface area (Å²) in [4.78, 5) is 13.4. The van der Waals surface area contributed by atoms with Gasteiger partial charge in [-0.05, 0) is 74.6 Å². The molecule has 34 heavy (non-hydrogen) atoms. The second-order valence-corrected chi connectivity index (χ2v) is 11.1. The van der Waals surface area contributed by atoms with Crippen LogP contribution in [0.15, 0.2) is 45.2 Å². The van der Waals surface area contributed by atoms with E-state index >= 15 is 0 Å². The molecule has 1 aromatic carbocycles. The molecule has 190 valence electrons. The Morgan fingerprint density at radius 2 is 2.00 bits per heavy atom. The Balaban J connectivity index is 0.000000273. The van der Waals surface area contributed by atoms with Gasteiger partial charge in [0.2, 0.25) is 6.41 Å². The third kappa shape index (κ3) is 9.94. The highest BCUT2D eigenvalue weighted by Crippen LogP contribution is 2.32. The fourth-order valence-electron chi connectivity index (χ4n) is 3.44. The second kappa shape index (κ2) is 15.4. The zero-order valence-electron chi connectivity index (χ0n) is 21.3. The van der Waals surface area contributed by atoms with Crippen molar-refractivity contribution in [2.75, 3.05) is 44.8 Å². The number of nitrogens with one attached hydrogen (secondary N) is 1. The first-order valence-electron chi connectivity index (χ1n) is 12.2. The van der Waals surface area contributed by atoms with Gasteiger partial charge in [-0.3, -0.25) is 4.79 Å². The van der Waals surface area contributed by atoms with Crippen LogP contribution in [-0.2, 0) is 20.5 Å². The van der Waals surface area contributed by atoms with E-state index in [4.69, 9.17) is 4.74 Å². The highest BCUT2D eigenvalue weighted by molar-refractivity contribution is 8.05. The molecule has 0 spiro atoms. The molecule has 1 heterocycles. The van der Waals surface area contributed by atoms with Gasteiger partial charge in [-0.2, -0.15) is 0 Å². The number of anilines is 1. The largest absolute Gasteiger partial charge is 0.379 e. The topological polar surface area (TPSA) is 61.9 Å². The Morgan fingerprint density at radius 3 is 2.56 bits per heavy atom. The third-order valence-electron chi connectivity index (χ3n) is 5.75. The second-order valence-electron chi connectivity index (χ2n) is 8.74. The number of ether oxygens (including phenoxy) is 1. The summed E-state index contributed by atoms with van der Waals surface area (Å²) in [6.45, 7) is 12.3. The van der Waals surface area contributed by atoms with Crippen LogP contribution in [0.2, 0.25) is 0 Å². The van der Waals surface area contributed by atoms with Gasteiger partial charge in [-0.25, -0.2) is 8.51 Å². The molecule has 3 rings (SSSR count). The number of hydrogen-bond donors (Lipinski definition) is 1. The number of aryl methyl sites for hydroxylation is 1. The predicted molar refractivity (Wildman–Crippen MR) is 145 cm³/mol. The van der Waals surface area contributed by atoms with E-state index < -0.39 is 11.0 Å². The molecular weight excluding hydrogens is 466 g/mol. The summed E-state index contributed by atoms with van der Waals surface area (Å²) in [7, 11) is 1.09. The molecule has 1 unspecified atom stereocenters. The van der Waals surface area contributed by atoms with Crippen LogP contribution in [0.5, 0.6) is 0 Å². The SMILES string of the molecule is CC/C=C(\NC=O)S/C=C(\C)CC.Cc1cc(S(=O)N2CCOCC2)ccc1N(C)CC1CC1. The zero-order valence-corrected chi connectivity index (χ0v) is 23.0. The number of nitrogens with zero attached hydrogens (tertiary/aromatic N) is 2. The van der Waals surface area contributed by atoms with Gasteiger partial charge in [0.05, 0.1) is 23.1 Å². The monoisotopic (exact) mass is 507 g/mol. The number of morpholine rings is 1. The fourth-order valence-corrected chi connectivity index (χ4v) is 5.56. The van der Waals surface area contributed by atoms with E-state index in [1.165, 1.54) is 29.7 Å². The van der Waals surface area contributed by atoms with Crippen molar-refractivity contribution in [1.29, 1.82) is 0 Å². The standard InChI is InChI=1S/C16H24N2O2S.C10H17NOS/c1-13-11-15(21(19)18-7-9-20-10-8-18)5-6-16(13)17(2)12-14-3-4-14;1-4-6-10(11-8-12)13-7-9(3)5-2/h5-6,11,14H,3-4,7-10,12H2,1-2H3;6-8H,4-5H2,1-3H3,(H,11,12)/b;9-7+,10-6+. The molecule has 1 aromatic rings. The summed E-state index contributed by atoms with van der Waals surface area (Å²) in [5.74, 6) is 0.872. The predicted octanol–water partition coefficient (Wildman–Crippen LogP) is 5.23. The van der Waals surface area contributed by atoms with Gasteiger partial charge in [-0.1, -0.05) is 37.3 Å². The molecule has 6 nitrogen and oxygen atoms in total. The first kappa shape index (κ1) is 28.6. The lowest BCUT2D eigenvalue weighted by molar-refractivity contribution is -0.108. The van der Waals surface area contributed by atoms with E-state index in [2.05, 4.69) is 55.6 Å². The van der Waals surface area contributed by atoms with Gasteiger partial charge >= 0.3 is 0 Å². The van der Waals surface area contributed by atoms with Crippen LogP contribution in [0.1, 0.15) is 52.0 Å². The maximum Gasteiger partial charge on any atom is 0.211 e. The maximum absolute atomic E-state index is 12.6. The Labute approximate surface area is 212 Å². The number of carbonyl (C=O) groups excluding carboxylic acids is 1. The van der Waals surface area contributed by atoms with Gasteiger partial charge < -0.3 is 15.0 Å². The summed E-state index contributed by atoms with van der Waals surface area (Å²) in [5, 5.41) is 5.64. The normalized spacial score (nSPS) is 18.0. The van der Waals surface area contributed by atoms with E-state index in [0.717, 1.165) is 48.3 Å². The van der Waals surface area contributed by atoms with Crippen LogP contribution in [0.25, 0.3) is 0 Å². The summed E-state index contributed by atoms with van der Waals surface area (Å²) in [6, 6.07) is 6.20. The molecule has 2 aliphatic rings. The highest BCUT2D eigenvalue weighted by atomic mass is 32.2. The van der Waals surface area contributed by atoms with Crippen LogP contribution in [0, 0.1) is 12.8 Å². The van der Waals surface area contributed by atoms with E-state index in [0.29, 0.717) is 19.6 Å². The van der Waals surface area contributed by atoms with Crippen molar-refractivity contribution in [3.05, 3.63) is 45.8 Å². The molecule has 1 amide bonds. The van der Waals surface area contributed by atoms with Gasteiger partial charge in [0, 0.05) is 32.4 Å². The number of allylic oxidation sites excluding steroid dienone is 2. The molecule has 0 bridgehead atoms. The minimum absolute atomic E-state index is 0.674. The Bertz CT molecular complexity index is 863. The molecule has 1 atom stereocenters. The van der Waals surface area contributed by atoms with Gasteiger partial charge in [0.25, 0.3) is 0 Å². The molecule has 2 fully saturated rings. The number of rotatable bonds is 11. The van der Waals surface area contributed by atoms with E-state index in [-0.39, 0.29) is 0 Å². The Morgan fingerprint density at radius 1 is 1.29 bits per heavy atom. The Hall–Kier alpha value is -1.61. The summed E-state index contributed by atoms with van der Waals surface area (Å²) in [5.41, 5.74) is 3.78. The maximum atomic E-state index is 12.6. The fraction of sp³-hybridized carbons (Fsp3) is 0.577. The molecule has 1 saturated carbocycles. The number of carbonyl (C=O) groups is 1. The smallest absolute Gasteiger partial charge is 0.211 e. The van der Waals surface area contributed by atoms with Crippen LogP contribution in [0.4, 0.5) is 5.69 Å². The molecule has 1 saturated heterocycles. The number of benzene rings is 1. The van der Waals surface area contributed by atoms with Crippen molar-refractivity contribution in [3.8, 4) is 0 Å². The lowest BCUT2D eigenvalue weighted by Gasteiger charge is -2.26. The van der Waals surface area contributed by atoms with E-state index in [1.807, 2.05) is 23.4 Å². The van der Waals surface area contributed by atoms with Crippen molar-refractivity contribution < 1.29 is 13.7 Å². The zero-order chi connectivity index (χ0) is 24.9. The summed E-state index contributed by atoms with van der Waals surface area (Å²) in [6.07, 6.45) is 7.42. The van der Waals surface area contributed by atoms with Crippen LogP contribution < -0.4 is 10.2 Å². The van der Waals surface area contributed by atoms with Crippen molar-refractivity contribution in [2.45, 2.75) is 58.3 Å². The average molecular weight is 508 g/mol. The lowest BCUT2D eigenvalue weighted by Crippen LogP contribution is -2.37. The quantitative estimate of drug-likeness (QED) is 0.416. The molecular formula is C26H41N3O3S2. The highest BCUT2D eigenvalue weighted by Gasteiger charge is 2.24. The molecule has 0 aromatic heterocycles. The minimum Gasteiger partial charge on any atom is -0.379 e. The number of thioether (sulfide) groups is 1. The van der Waals surface area contributed by atoms with Gasteiger partial charge in [0.1, 0.15) is 11.0 Å². The third-order valence-corrected chi connectivity index (χ3v) is 8.30. The Kier molecular flexibility index (Phi) is 13.0. The van der Waals surface area contributed by atoms with Crippen LogP contribution in [-0.4, -0.2) is 54.8 Å². The van der Waals surface area contributed by atoms with Gasteiger partial charge in [-0.15, -0.1) is 0 Å². The number of amides is 1. The molecule has 0 radical (unpaired) electrons. The van der Waals surface area contributed by atoms with Crippen molar-refractivity contribution in [2.24, 2.45) is 5.92 Å².